The van der Waals surface area contributed by atoms with E-state index in [0.29, 0.717) is 17.4 Å². The van der Waals surface area contributed by atoms with Gasteiger partial charge in [-0.3, -0.25) is 9.48 Å². The summed E-state index contributed by atoms with van der Waals surface area (Å²) >= 11 is 0. The Hall–Kier alpha value is -2.83. The van der Waals surface area contributed by atoms with Gasteiger partial charge in [0, 0.05) is 35.7 Å². The highest BCUT2D eigenvalue weighted by atomic mass is 16.2. The molecule has 7 heteroatoms. The van der Waals surface area contributed by atoms with Crippen molar-refractivity contribution in [3.63, 3.8) is 0 Å². The average Bonchev–Trinajstić information content (AvgIpc) is 3.33. The normalized spacial score (nSPS) is 13.4. The number of nitrogens with one attached hydrogen (secondary N) is 3. The highest BCUT2D eigenvalue weighted by Crippen LogP contribution is 2.19. The van der Waals surface area contributed by atoms with Crippen molar-refractivity contribution in [3.8, 4) is 0 Å². The minimum atomic E-state index is -0.193. The summed E-state index contributed by atoms with van der Waals surface area (Å²) in [6, 6.07) is 7.20. The summed E-state index contributed by atoms with van der Waals surface area (Å²) in [5.74, 6) is -0.0913. The molecule has 3 N–H and O–H groups in total. The summed E-state index contributed by atoms with van der Waals surface area (Å²) in [5, 5.41) is 12.8. The molecule has 7 nitrogen and oxygen atoms in total. The lowest BCUT2D eigenvalue weighted by Crippen LogP contribution is -2.30. The summed E-state index contributed by atoms with van der Waals surface area (Å²) in [6.07, 6.45) is 2.39. The Morgan fingerprint density at radius 2 is 1.72 bits per heavy atom. The van der Waals surface area contributed by atoms with E-state index in [0.717, 1.165) is 29.8 Å². The number of amides is 3. The largest absolute Gasteiger partial charge is 0.335 e. The van der Waals surface area contributed by atoms with Crippen LogP contribution in [0.4, 0.5) is 16.2 Å². The van der Waals surface area contributed by atoms with Gasteiger partial charge in [-0.15, -0.1) is 0 Å². The molecule has 0 bridgehead atoms. The molecule has 3 amide bonds. The van der Waals surface area contributed by atoms with E-state index >= 15 is 0 Å². The van der Waals surface area contributed by atoms with E-state index in [1.54, 1.807) is 28.9 Å². The van der Waals surface area contributed by atoms with E-state index in [1.807, 2.05) is 20.9 Å². The van der Waals surface area contributed by atoms with Gasteiger partial charge in [0.25, 0.3) is 0 Å². The molecule has 0 radical (unpaired) electrons. The SMILES string of the molecule is Cc1nn(C)c(C)c1CC(=O)Nc1ccc(NC(=O)NC2CC2)cc1. The third-order valence-corrected chi connectivity index (χ3v) is 4.34. The number of carbonyl (C=O) groups is 2. The first-order valence-corrected chi connectivity index (χ1v) is 8.39. The van der Waals surface area contributed by atoms with Crippen molar-refractivity contribution in [2.24, 2.45) is 7.05 Å². The standard InChI is InChI=1S/C18H23N5O2/c1-11-16(12(2)23(3)22-11)10-17(24)19-13-4-6-14(7-5-13)20-18(25)21-15-8-9-15/h4-7,15H,8-10H2,1-3H3,(H,19,24)(H2,20,21,25). The Bertz CT molecular complexity index is 791. The van der Waals surface area contributed by atoms with Crippen molar-refractivity contribution in [1.29, 1.82) is 0 Å². The molecule has 1 heterocycles. The van der Waals surface area contributed by atoms with Gasteiger partial charge < -0.3 is 16.0 Å². The Balaban J connectivity index is 1.55. The number of aryl methyl sites for hydroxylation is 2. The lowest BCUT2D eigenvalue weighted by molar-refractivity contribution is -0.115. The second-order valence-electron chi connectivity index (χ2n) is 6.45. The number of rotatable bonds is 5. The molecule has 1 saturated carbocycles. The average molecular weight is 341 g/mol. The maximum Gasteiger partial charge on any atom is 0.319 e. The number of benzene rings is 1. The summed E-state index contributed by atoms with van der Waals surface area (Å²) in [5.41, 5.74) is 4.20. The minimum Gasteiger partial charge on any atom is -0.335 e. The fourth-order valence-electron chi connectivity index (χ4n) is 2.66. The zero-order chi connectivity index (χ0) is 18.0. The van der Waals surface area contributed by atoms with E-state index in [9.17, 15) is 9.59 Å². The molecular weight excluding hydrogens is 318 g/mol. The molecule has 25 heavy (non-hydrogen) atoms. The van der Waals surface area contributed by atoms with Crippen LogP contribution in [0.25, 0.3) is 0 Å². The van der Waals surface area contributed by atoms with Crippen LogP contribution in [0.3, 0.4) is 0 Å². The first-order chi connectivity index (χ1) is 11.9. The number of urea groups is 1. The van der Waals surface area contributed by atoms with E-state index in [4.69, 9.17) is 0 Å². The zero-order valence-electron chi connectivity index (χ0n) is 14.7. The molecule has 2 aromatic rings. The fourth-order valence-corrected chi connectivity index (χ4v) is 2.66. The van der Waals surface area contributed by atoms with Crippen molar-refractivity contribution >= 4 is 23.3 Å². The van der Waals surface area contributed by atoms with Crippen molar-refractivity contribution in [3.05, 3.63) is 41.2 Å². The highest BCUT2D eigenvalue weighted by molar-refractivity contribution is 5.93. The molecule has 1 aliphatic carbocycles. The molecule has 1 aromatic carbocycles. The molecule has 1 fully saturated rings. The predicted molar refractivity (Wildman–Crippen MR) is 96.6 cm³/mol. The van der Waals surface area contributed by atoms with Crippen LogP contribution in [0.2, 0.25) is 0 Å². The van der Waals surface area contributed by atoms with Crippen molar-refractivity contribution in [1.82, 2.24) is 15.1 Å². The third kappa shape index (κ3) is 4.37. The summed E-state index contributed by atoms with van der Waals surface area (Å²) in [7, 11) is 1.87. The van der Waals surface area contributed by atoms with Gasteiger partial charge in [-0.2, -0.15) is 5.10 Å². The van der Waals surface area contributed by atoms with Crippen LogP contribution in [0.15, 0.2) is 24.3 Å². The Morgan fingerprint density at radius 3 is 2.24 bits per heavy atom. The van der Waals surface area contributed by atoms with E-state index in [1.165, 1.54) is 0 Å². The van der Waals surface area contributed by atoms with Crippen LogP contribution in [0.5, 0.6) is 0 Å². The van der Waals surface area contributed by atoms with Crippen LogP contribution in [0, 0.1) is 13.8 Å². The van der Waals surface area contributed by atoms with Crippen molar-refractivity contribution in [2.45, 2.75) is 39.2 Å². The first kappa shape index (κ1) is 17.0. The summed E-state index contributed by atoms with van der Waals surface area (Å²) in [6.45, 7) is 3.86. The predicted octanol–water partition coefficient (Wildman–Crippen LogP) is 2.50. The molecule has 0 aliphatic heterocycles. The summed E-state index contributed by atoms with van der Waals surface area (Å²) in [4.78, 5) is 24.0. The van der Waals surface area contributed by atoms with Gasteiger partial charge in [0.15, 0.2) is 0 Å². The lowest BCUT2D eigenvalue weighted by Gasteiger charge is -2.09. The smallest absolute Gasteiger partial charge is 0.319 e. The van der Waals surface area contributed by atoms with Crippen LogP contribution in [-0.4, -0.2) is 27.8 Å². The number of carbonyl (C=O) groups excluding carboxylic acids is 2. The minimum absolute atomic E-state index is 0.0913. The first-order valence-electron chi connectivity index (χ1n) is 8.39. The molecule has 0 unspecified atom stereocenters. The topological polar surface area (TPSA) is 88.1 Å². The van der Waals surface area contributed by atoms with Crippen molar-refractivity contribution < 1.29 is 9.59 Å². The molecular formula is C18H23N5O2. The third-order valence-electron chi connectivity index (χ3n) is 4.34. The van der Waals surface area contributed by atoms with Crippen LogP contribution in [-0.2, 0) is 18.3 Å². The number of hydrogen-bond donors (Lipinski definition) is 3. The van der Waals surface area contributed by atoms with E-state index in [-0.39, 0.29) is 18.4 Å². The van der Waals surface area contributed by atoms with Gasteiger partial charge in [-0.25, -0.2) is 4.79 Å². The molecule has 0 saturated heterocycles. The Kier molecular flexibility index (Phi) is 4.74. The van der Waals surface area contributed by atoms with Gasteiger partial charge in [0.05, 0.1) is 12.1 Å². The molecule has 132 valence electrons. The maximum atomic E-state index is 12.3. The van der Waals surface area contributed by atoms with Gasteiger partial charge in [-0.1, -0.05) is 0 Å². The molecule has 0 atom stereocenters. The number of anilines is 2. The van der Waals surface area contributed by atoms with Crippen molar-refractivity contribution in [2.75, 3.05) is 10.6 Å². The van der Waals surface area contributed by atoms with Gasteiger partial charge >= 0.3 is 6.03 Å². The second-order valence-corrected chi connectivity index (χ2v) is 6.45. The quantitative estimate of drug-likeness (QED) is 0.781. The van der Waals surface area contributed by atoms with Crippen LogP contribution in [0.1, 0.15) is 29.8 Å². The Labute approximate surface area is 146 Å². The zero-order valence-corrected chi connectivity index (χ0v) is 14.7. The molecule has 0 spiro atoms. The van der Waals surface area contributed by atoms with Gasteiger partial charge in [-0.05, 0) is 51.0 Å². The Morgan fingerprint density at radius 1 is 1.12 bits per heavy atom. The van der Waals surface area contributed by atoms with E-state index < -0.39 is 0 Å². The number of aromatic nitrogens is 2. The maximum absolute atomic E-state index is 12.3. The lowest BCUT2D eigenvalue weighted by atomic mass is 10.1. The van der Waals surface area contributed by atoms with Crippen LogP contribution < -0.4 is 16.0 Å². The molecule has 3 rings (SSSR count). The summed E-state index contributed by atoms with van der Waals surface area (Å²) < 4.78 is 1.78. The van der Waals surface area contributed by atoms with Gasteiger partial charge in [0.2, 0.25) is 5.91 Å². The number of nitrogens with zero attached hydrogens (tertiary/aromatic N) is 2. The number of hydrogen-bond acceptors (Lipinski definition) is 3. The van der Waals surface area contributed by atoms with E-state index in [2.05, 4.69) is 21.0 Å². The molecule has 1 aliphatic rings. The van der Waals surface area contributed by atoms with Gasteiger partial charge in [0.1, 0.15) is 0 Å². The fraction of sp³-hybridized carbons (Fsp3) is 0.389. The highest BCUT2D eigenvalue weighted by Gasteiger charge is 2.23. The monoisotopic (exact) mass is 341 g/mol. The molecule has 1 aromatic heterocycles. The second kappa shape index (κ2) is 6.96. The van der Waals surface area contributed by atoms with Crippen LogP contribution >= 0.6 is 0 Å².